The highest BCUT2D eigenvalue weighted by molar-refractivity contribution is 9.10. The van der Waals surface area contributed by atoms with Crippen LogP contribution in [0.5, 0.6) is 0 Å². The van der Waals surface area contributed by atoms with E-state index in [1.165, 1.54) is 0 Å². The second kappa shape index (κ2) is 6.51. The summed E-state index contributed by atoms with van der Waals surface area (Å²) in [5, 5.41) is 11.3. The van der Waals surface area contributed by atoms with E-state index in [1.54, 1.807) is 0 Å². The largest absolute Gasteiger partial charge is 0.481 e. The number of carbonyl (C=O) groups excluding carboxylic acids is 1. The molecule has 1 aliphatic carbocycles. The molecule has 0 aliphatic heterocycles. The van der Waals surface area contributed by atoms with E-state index in [9.17, 15) is 18.4 Å². The number of carboxylic acids is 1. The topological polar surface area (TPSA) is 66.4 Å². The molecule has 7 heteroatoms. The van der Waals surface area contributed by atoms with Gasteiger partial charge in [0.25, 0.3) is 0 Å². The molecule has 2 N–H and O–H groups in total. The van der Waals surface area contributed by atoms with Gasteiger partial charge in [-0.3, -0.25) is 9.59 Å². The van der Waals surface area contributed by atoms with E-state index >= 15 is 0 Å². The molecule has 1 aliphatic rings. The van der Waals surface area contributed by atoms with Gasteiger partial charge in [-0.15, -0.1) is 0 Å². The average molecular weight is 362 g/mol. The summed E-state index contributed by atoms with van der Waals surface area (Å²) in [6.45, 7) is 0. The highest BCUT2D eigenvalue weighted by atomic mass is 79.9. The van der Waals surface area contributed by atoms with Crippen molar-refractivity contribution in [2.24, 2.45) is 11.8 Å². The van der Waals surface area contributed by atoms with Crippen molar-refractivity contribution in [3.63, 3.8) is 0 Å². The number of carboxylic acid groups (broad SMARTS) is 1. The molecule has 0 aromatic heterocycles. The van der Waals surface area contributed by atoms with E-state index in [-0.39, 0.29) is 4.47 Å². The molecular weight excluding hydrogens is 348 g/mol. The first-order chi connectivity index (χ1) is 9.90. The van der Waals surface area contributed by atoms with Crippen LogP contribution in [0.15, 0.2) is 16.6 Å². The van der Waals surface area contributed by atoms with E-state index in [2.05, 4.69) is 21.2 Å². The average Bonchev–Trinajstić information content (AvgIpc) is 2.42. The number of rotatable bonds is 3. The fourth-order valence-electron chi connectivity index (χ4n) is 2.62. The number of nitrogens with one attached hydrogen (secondary N) is 1. The smallest absolute Gasteiger partial charge is 0.307 e. The summed E-state index contributed by atoms with van der Waals surface area (Å²) >= 11 is 2.95. The Hall–Kier alpha value is -1.50. The molecular formula is C14H14BrF2NO3. The third-order valence-corrected chi connectivity index (χ3v) is 4.13. The van der Waals surface area contributed by atoms with E-state index in [0.717, 1.165) is 25.0 Å². The highest BCUT2D eigenvalue weighted by Gasteiger charge is 2.36. The van der Waals surface area contributed by atoms with Gasteiger partial charge in [-0.05, 0) is 25.0 Å². The molecule has 0 heterocycles. The zero-order valence-corrected chi connectivity index (χ0v) is 12.6. The van der Waals surface area contributed by atoms with Gasteiger partial charge in [-0.1, -0.05) is 28.8 Å². The first-order valence-corrected chi connectivity index (χ1v) is 7.37. The van der Waals surface area contributed by atoms with Crippen LogP contribution in [-0.2, 0) is 9.59 Å². The lowest BCUT2D eigenvalue weighted by Gasteiger charge is -2.27. The normalized spacial score (nSPS) is 21.9. The van der Waals surface area contributed by atoms with E-state index in [1.807, 2.05) is 0 Å². The first-order valence-electron chi connectivity index (χ1n) is 6.58. The maximum absolute atomic E-state index is 13.7. The van der Waals surface area contributed by atoms with Crippen LogP contribution in [0, 0.1) is 23.5 Å². The predicted octanol–water partition coefficient (Wildman–Crippen LogP) is 3.56. The molecule has 1 aromatic carbocycles. The standard InChI is InChI=1S/C14H14BrF2NO3/c15-7-5-10(16)12(11(17)6-7)18-13(19)8-3-1-2-4-9(8)14(20)21/h5-6,8-9H,1-4H2,(H,18,19)(H,20,21)/t8-,9+/m1/s1. The molecule has 1 saturated carbocycles. The Kier molecular flexibility index (Phi) is 4.92. The van der Waals surface area contributed by atoms with Crippen molar-refractivity contribution in [1.82, 2.24) is 0 Å². The van der Waals surface area contributed by atoms with Crippen LogP contribution in [-0.4, -0.2) is 17.0 Å². The van der Waals surface area contributed by atoms with Crippen molar-refractivity contribution in [3.8, 4) is 0 Å². The van der Waals surface area contributed by atoms with Crippen molar-refractivity contribution in [1.29, 1.82) is 0 Å². The fraction of sp³-hybridized carbons (Fsp3) is 0.429. The number of benzene rings is 1. The SMILES string of the molecule is O=C(O)[C@H]1CCCC[C@H]1C(=O)Nc1c(F)cc(Br)cc1F. The summed E-state index contributed by atoms with van der Waals surface area (Å²) in [6.07, 6.45) is 2.27. The molecule has 1 amide bonds. The van der Waals surface area contributed by atoms with Gasteiger partial charge in [0.15, 0.2) is 11.6 Å². The van der Waals surface area contributed by atoms with Crippen molar-refractivity contribution in [2.75, 3.05) is 5.32 Å². The molecule has 114 valence electrons. The molecule has 0 spiro atoms. The number of anilines is 1. The minimum atomic E-state index is -1.05. The summed E-state index contributed by atoms with van der Waals surface area (Å²) < 4.78 is 27.6. The molecule has 0 saturated heterocycles. The molecule has 0 unspecified atom stereocenters. The van der Waals surface area contributed by atoms with Gasteiger partial charge >= 0.3 is 5.97 Å². The molecule has 1 aromatic rings. The number of aliphatic carboxylic acids is 1. The summed E-state index contributed by atoms with van der Waals surface area (Å²) in [4.78, 5) is 23.3. The van der Waals surface area contributed by atoms with Crippen molar-refractivity contribution >= 4 is 33.5 Å². The van der Waals surface area contributed by atoms with E-state index in [0.29, 0.717) is 12.8 Å². The van der Waals surface area contributed by atoms with Gasteiger partial charge in [-0.25, -0.2) is 8.78 Å². The van der Waals surface area contributed by atoms with Gasteiger partial charge in [0.2, 0.25) is 5.91 Å². The van der Waals surface area contributed by atoms with Crippen molar-refractivity contribution in [2.45, 2.75) is 25.7 Å². The Balaban J connectivity index is 2.19. The number of carbonyl (C=O) groups is 2. The number of halogens is 3. The molecule has 2 rings (SSSR count). The first kappa shape index (κ1) is 15.9. The molecule has 0 radical (unpaired) electrons. The van der Waals surface area contributed by atoms with Crippen molar-refractivity contribution in [3.05, 3.63) is 28.2 Å². The molecule has 1 fully saturated rings. The van der Waals surface area contributed by atoms with Crippen LogP contribution in [0.2, 0.25) is 0 Å². The van der Waals surface area contributed by atoms with Crippen molar-refractivity contribution < 1.29 is 23.5 Å². The van der Waals surface area contributed by atoms with Crippen LogP contribution in [0.1, 0.15) is 25.7 Å². The molecule has 2 atom stereocenters. The van der Waals surface area contributed by atoms with Crippen LogP contribution in [0.3, 0.4) is 0 Å². The van der Waals surface area contributed by atoms with Crippen LogP contribution in [0.4, 0.5) is 14.5 Å². The lowest BCUT2D eigenvalue weighted by Crippen LogP contribution is -2.36. The lowest BCUT2D eigenvalue weighted by atomic mass is 9.78. The summed E-state index contributed by atoms with van der Waals surface area (Å²) in [6, 6.07) is 2.07. The maximum Gasteiger partial charge on any atom is 0.307 e. The zero-order chi connectivity index (χ0) is 15.6. The van der Waals surface area contributed by atoms with E-state index in [4.69, 9.17) is 5.11 Å². The summed E-state index contributed by atoms with van der Waals surface area (Å²) in [5.74, 6) is -5.08. The van der Waals surface area contributed by atoms with Crippen LogP contribution < -0.4 is 5.32 Å². The second-order valence-electron chi connectivity index (χ2n) is 5.07. The number of amides is 1. The predicted molar refractivity (Wildman–Crippen MR) is 75.8 cm³/mol. The van der Waals surface area contributed by atoms with Gasteiger partial charge in [0, 0.05) is 4.47 Å². The maximum atomic E-state index is 13.7. The Bertz CT molecular complexity index is 556. The van der Waals surface area contributed by atoms with Gasteiger partial charge in [0.1, 0.15) is 5.69 Å². The highest BCUT2D eigenvalue weighted by Crippen LogP contribution is 2.32. The second-order valence-corrected chi connectivity index (χ2v) is 5.99. The van der Waals surface area contributed by atoms with E-state index < -0.39 is 41.0 Å². The zero-order valence-electron chi connectivity index (χ0n) is 11.0. The summed E-state index contributed by atoms with van der Waals surface area (Å²) in [7, 11) is 0. The van der Waals surface area contributed by atoms with Gasteiger partial charge in [0.05, 0.1) is 11.8 Å². The third-order valence-electron chi connectivity index (χ3n) is 3.68. The summed E-state index contributed by atoms with van der Waals surface area (Å²) in [5.41, 5.74) is -0.544. The molecule has 4 nitrogen and oxygen atoms in total. The minimum absolute atomic E-state index is 0.219. The molecule has 21 heavy (non-hydrogen) atoms. The quantitative estimate of drug-likeness (QED) is 0.864. The monoisotopic (exact) mass is 361 g/mol. The lowest BCUT2D eigenvalue weighted by molar-refractivity contribution is -0.147. The molecule has 0 bridgehead atoms. The van der Waals surface area contributed by atoms with Gasteiger partial charge < -0.3 is 10.4 Å². The number of hydrogen-bond donors (Lipinski definition) is 2. The Morgan fingerprint density at radius 2 is 1.67 bits per heavy atom. The van der Waals surface area contributed by atoms with Gasteiger partial charge in [-0.2, -0.15) is 0 Å². The Morgan fingerprint density at radius 3 is 2.19 bits per heavy atom. The Labute approximate surface area is 128 Å². The minimum Gasteiger partial charge on any atom is -0.481 e. The number of hydrogen-bond acceptors (Lipinski definition) is 2. The van der Waals surface area contributed by atoms with Crippen LogP contribution in [0.25, 0.3) is 0 Å². The Morgan fingerprint density at radius 1 is 1.14 bits per heavy atom. The van der Waals surface area contributed by atoms with Crippen LogP contribution >= 0.6 is 15.9 Å². The fourth-order valence-corrected chi connectivity index (χ4v) is 3.02. The third kappa shape index (κ3) is 3.58.